The maximum Gasteiger partial charge on any atom is 0.124 e. The first kappa shape index (κ1) is 12.2. The topological polar surface area (TPSA) is 20.2 Å². The lowest BCUT2D eigenvalue weighted by molar-refractivity contribution is 0.170. The van der Waals surface area contributed by atoms with Gasteiger partial charge in [0.25, 0.3) is 0 Å². The van der Waals surface area contributed by atoms with Crippen molar-refractivity contribution >= 4 is 23.4 Å². The fourth-order valence-corrected chi connectivity index (χ4v) is 3.48. The molecule has 88 valence electrons. The Morgan fingerprint density at radius 1 is 1.56 bits per heavy atom. The zero-order chi connectivity index (χ0) is 11.5. The summed E-state index contributed by atoms with van der Waals surface area (Å²) in [4.78, 5) is 0. The molecular weight excluding hydrogens is 247 g/mol. The van der Waals surface area contributed by atoms with E-state index >= 15 is 0 Å². The summed E-state index contributed by atoms with van der Waals surface area (Å²) in [5.74, 6) is 0.789. The molecule has 0 saturated carbocycles. The Hall–Kier alpha value is -0.250. The molecule has 0 bridgehead atoms. The van der Waals surface area contributed by atoms with Crippen molar-refractivity contribution in [3.05, 3.63) is 34.6 Å². The quantitative estimate of drug-likeness (QED) is 0.900. The summed E-state index contributed by atoms with van der Waals surface area (Å²) >= 11 is 7.73. The minimum atomic E-state index is -0.379. The van der Waals surface area contributed by atoms with Gasteiger partial charge >= 0.3 is 0 Å². The van der Waals surface area contributed by atoms with Crippen molar-refractivity contribution in [1.82, 2.24) is 0 Å². The van der Waals surface area contributed by atoms with E-state index in [1.165, 1.54) is 18.6 Å². The molecule has 2 unspecified atom stereocenters. The van der Waals surface area contributed by atoms with Crippen LogP contribution < -0.4 is 0 Å². The molecule has 2 rings (SSSR count). The van der Waals surface area contributed by atoms with Crippen molar-refractivity contribution in [2.24, 2.45) is 0 Å². The summed E-state index contributed by atoms with van der Waals surface area (Å²) < 4.78 is 12.8. The molecule has 4 heteroatoms. The molecular formula is C12H14ClFOS. The highest BCUT2D eigenvalue weighted by atomic mass is 35.5. The van der Waals surface area contributed by atoms with Crippen molar-refractivity contribution in [2.75, 3.05) is 5.75 Å². The first-order valence-electron chi connectivity index (χ1n) is 5.40. The molecule has 1 aliphatic rings. The third-order valence-corrected chi connectivity index (χ3v) is 4.69. The van der Waals surface area contributed by atoms with Crippen LogP contribution in [0.5, 0.6) is 0 Å². The Morgan fingerprint density at radius 3 is 3.00 bits per heavy atom. The molecule has 1 aromatic carbocycles. The van der Waals surface area contributed by atoms with E-state index in [1.807, 2.05) is 11.8 Å². The summed E-state index contributed by atoms with van der Waals surface area (Å²) in [5.41, 5.74) is 0.822. The SMILES string of the molecule is OC(Cc1ccc(F)cc1Cl)C1CCCS1. The van der Waals surface area contributed by atoms with Gasteiger partial charge in [-0.2, -0.15) is 11.8 Å². The van der Waals surface area contributed by atoms with E-state index in [0.29, 0.717) is 16.7 Å². The molecule has 0 amide bonds. The zero-order valence-electron chi connectivity index (χ0n) is 8.83. The number of aliphatic hydroxyl groups is 1. The summed E-state index contributed by atoms with van der Waals surface area (Å²) in [6.45, 7) is 0. The molecule has 1 aliphatic heterocycles. The molecule has 1 nitrogen and oxygen atoms in total. The van der Waals surface area contributed by atoms with Crippen molar-refractivity contribution < 1.29 is 9.50 Å². The Labute approximate surface area is 104 Å². The van der Waals surface area contributed by atoms with Crippen molar-refractivity contribution in [3.63, 3.8) is 0 Å². The number of hydrogen-bond acceptors (Lipinski definition) is 2. The van der Waals surface area contributed by atoms with Crippen LogP contribution in [0, 0.1) is 5.82 Å². The number of hydrogen-bond donors (Lipinski definition) is 1. The monoisotopic (exact) mass is 260 g/mol. The lowest BCUT2D eigenvalue weighted by Crippen LogP contribution is -2.23. The largest absolute Gasteiger partial charge is 0.392 e. The summed E-state index contributed by atoms with van der Waals surface area (Å²) in [7, 11) is 0. The fraction of sp³-hybridized carbons (Fsp3) is 0.500. The minimum Gasteiger partial charge on any atom is -0.392 e. The van der Waals surface area contributed by atoms with E-state index in [9.17, 15) is 9.50 Å². The Bertz CT molecular complexity index is 366. The molecule has 16 heavy (non-hydrogen) atoms. The molecule has 1 N–H and O–H groups in total. The minimum absolute atomic E-state index is 0.307. The van der Waals surface area contributed by atoms with Gasteiger partial charge in [0.15, 0.2) is 0 Å². The molecule has 1 fully saturated rings. The zero-order valence-corrected chi connectivity index (χ0v) is 10.4. The van der Waals surface area contributed by atoms with Crippen LogP contribution in [-0.4, -0.2) is 22.2 Å². The summed E-state index contributed by atoms with van der Waals surface area (Å²) in [5, 5.41) is 10.7. The Kier molecular flexibility index (Phi) is 4.11. The third-order valence-electron chi connectivity index (χ3n) is 2.84. The van der Waals surface area contributed by atoms with Gasteiger partial charge in [-0.15, -0.1) is 0 Å². The number of rotatable bonds is 3. The second kappa shape index (κ2) is 5.39. The average molecular weight is 261 g/mol. The summed E-state index contributed by atoms with van der Waals surface area (Å²) in [6.07, 6.45) is 2.36. The second-order valence-corrected chi connectivity index (χ2v) is 5.81. The molecule has 1 heterocycles. The van der Waals surface area contributed by atoms with E-state index in [1.54, 1.807) is 6.07 Å². The van der Waals surface area contributed by atoms with E-state index in [4.69, 9.17) is 11.6 Å². The molecule has 0 aromatic heterocycles. The van der Waals surface area contributed by atoms with Gasteiger partial charge < -0.3 is 5.11 Å². The van der Waals surface area contributed by atoms with Crippen LogP contribution in [0.2, 0.25) is 5.02 Å². The Balaban J connectivity index is 2.02. The maximum absolute atomic E-state index is 12.8. The Morgan fingerprint density at radius 2 is 2.38 bits per heavy atom. The molecule has 1 saturated heterocycles. The highest BCUT2D eigenvalue weighted by Gasteiger charge is 2.24. The molecule has 0 radical (unpaired) electrons. The normalized spacial score (nSPS) is 22.3. The van der Waals surface area contributed by atoms with Crippen LogP contribution in [0.1, 0.15) is 18.4 Å². The number of thioether (sulfide) groups is 1. The van der Waals surface area contributed by atoms with Gasteiger partial charge in [0.2, 0.25) is 0 Å². The maximum atomic E-state index is 12.8. The van der Waals surface area contributed by atoms with E-state index < -0.39 is 0 Å². The van der Waals surface area contributed by atoms with Crippen LogP contribution in [0.3, 0.4) is 0 Å². The lowest BCUT2D eigenvalue weighted by atomic mass is 10.0. The highest BCUT2D eigenvalue weighted by Crippen LogP contribution is 2.31. The van der Waals surface area contributed by atoms with Crippen LogP contribution in [-0.2, 0) is 6.42 Å². The number of aliphatic hydroxyl groups excluding tert-OH is 1. The van der Waals surface area contributed by atoms with Crippen LogP contribution in [0.25, 0.3) is 0 Å². The average Bonchev–Trinajstić information content (AvgIpc) is 2.75. The van der Waals surface area contributed by atoms with E-state index in [-0.39, 0.29) is 11.9 Å². The van der Waals surface area contributed by atoms with Crippen molar-refractivity contribution in [3.8, 4) is 0 Å². The van der Waals surface area contributed by atoms with E-state index in [0.717, 1.165) is 17.7 Å². The lowest BCUT2D eigenvalue weighted by Gasteiger charge is -2.17. The number of benzene rings is 1. The van der Waals surface area contributed by atoms with Crippen LogP contribution in [0.15, 0.2) is 18.2 Å². The predicted molar refractivity (Wildman–Crippen MR) is 66.6 cm³/mol. The highest BCUT2D eigenvalue weighted by molar-refractivity contribution is 8.00. The van der Waals surface area contributed by atoms with Gasteiger partial charge in [-0.25, -0.2) is 4.39 Å². The standard InChI is InChI=1S/C12H14ClFOS/c13-10-7-9(14)4-3-8(10)6-11(15)12-2-1-5-16-12/h3-4,7,11-12,15H,1-2,5-6H2. The smallest absolute Gasteiger partial charge is 0.124 e. The van der Waals surface area contributed by atoms with Gasteiger partial charge in [-0.3, -0.25) is 0 Å². The number of halogens is 2. The van der Waals surface area contributed by atoms with Gasteiger partial charge in [0.1, 0.15) is 5.82 Å². The van der Waals surface area contributed by atoms with Gasteiger partial charge in [0.05, 0.1) is 6.10 Å². The van der Waals surface area contributed by atoms with Crippen molar-refractivity contribution in [2.45, 2.75) is 30.6 Å². The van der Waals surface area contributed by atoms with Gasteiger partial charge in [-0.05, 0) is 36.3 Å². The molecule has 1 aromatic rings. The van der Waals surface area contributed by atoms with Crippen LogP contribution >= 0.6 is 23.4 Å². The predicted octanol–water partition coefficient (Wildman–Crippen LogP) is 3.28. The first-order valence-corrected chi connectivity index (χ1v) is 6.83. The second-order valence-electron chi connectivity index (χ2n) is 4.06. The first-order chi connectivity index (χ1) is 7.66. The fourth-order valence-electron chi connectivity index (χ4n) is 1.95. The molecule has 2 atom stereocenters. The van der Waals surface area contributed by atoms with Gasteiger partial charge in [0, 0.05) is 16.7 Å². The molecule has 0 aliphatic carbocycles. The summed E-state index contributed by atoms with van der Waals surface area (Å²) in [6, 6.07) is 4.33. The van der Waals surface area contributed by atoms with Gasteiger partial charge in [-0.1, -0.05) is 17.7 Å². The van der Waals surface area contributed by atoms with Crippen LogP contribution in [0.4, 0.5) is 4.39 Å². The van der Waals surface area contributed by atoms with E-state index in [2.05, 4.69) is 0 Å². The third kappa shape index (κ3) is 2.90. The van der Waals surface area contributed by atoms with Crippen molar-refractivity contribution in [1.29, 1.82) is 0 Å². The molecule has 0 spiro atoms.